The van der Waals surface area contributed by atoms with E-state index in [0.29, 0.717) is 21.0 Å². The molecule has 8 heteroatoms. The van der Waals surface area contributed by atoms with E-state index in [-0.39, 0.29) is 11.6 Å². The van der Waals surface area contributed by atoms with Crippen molar-refractivity contribution < 1.29 is 12.8 Å². The van der Waals surface area contributed by atoms with Gasteiger partial charge in [0.15, 0.2) is 9.84 Å². The number of thiophene rings is 1. The predicted molar refractivity (Wildman–Crippen MR) is 89.7 cm³/mol. The Labute approximate surface area is 142 Å². The van der Waals surface area contributed by atoms with E-state index in [1.165, 1.54) is 17.4 Å². The summed E-state index contributed by atoms with van der Waals surface area (Å²) in [5.74, 6) is -0.271. The number of sulfone groups is 1. The van der Waals surface area contributed by atoms with E-state index in [0.717, 1.165) is 12.8 Å². The third-order valence-corrected chi connectivity index (χ3v) is 9.21. The molecule has 1 aliphatic carbocycles. The molecule has 0 bridgehead atoms. The first-order valence-corrected chi connectivity index (χ1v) is 10.4. The molecular weight excluding hydrogens is 391 g/mol. The number of hydrogen-bond acceptors (Lipinski definition) is 4. The quantitative estimate of drug-likeness (QED) is 0.804. The summed E-state index contributed by atoms with van der Waals surface area (Å²) in [5.41, 5.74) is -1.10. The van der Waals surface area contributed by atoms with Gasteiger partial charge in [0.25, 0.3) is 0 Å². The van der Waals surface area contributed by atoms with Crippen molar-refractivity contribution in [1.82, 2.24) is 5.32 Å². The second kappa shape index (κ2) is 5.01. The topological polar surface area (TPSA) is 70.0 Å². The van der Waals surface area contributed by atoms with Gasteiger partial charge in [0, 0.05) is 0 Å². The van der Waals surface area contributed by atoms with Crippen LogP contribution in [0.2, 0.25) is 0 Å². The Bertz CT molecular complexity index is 744. The first-order valence-electron chi connectivity index (χ1n) is 7.12. The summed E-state index contributed by atoms with van der Waals surface area (Å²) in [6, 6.07) is 1.33. The Morgan fingerprint density at radius 3 is 2.59 bits per heavy atom. The smallest absolute Gasteiger partial charge is 0.165 e. The number of halogens is 2. The third kappa shape index (κ3) is 2.53. The van der Waals surface area contributed by atoms with Crippen molar-refractivity contribution in [1.29, 1.82) is 5.41 Å². The minimum absolute atomic E-state index is 0.0166. The van der Waals surface area contributed by atoms with Gasteiger partial charge in [0.2, 0.25) is 0 Å². The lowest BCUT2D eigenvalue weighted by molar-refractivity contribution is 0.418. The average molecular weight is 409 g/mol. The molecule has 0 amide bonds. The van der Waals surface area contributed by atoms with E-state index in [1.807, 2.05) is 0 Å². The molecule has 2 heterocycles. The molecule has 0 spiro atoms. The molecule has 1 aromatic heterocycles. The van der Waals surface area contributed by atoms with Crippen molar-refractivity contribution >= 4 is 42.9 Å². The molecule has 0 aromatic carbocycles. The van der Waals surface area contributed by atoms with Gasteiger partial charge in [-0.15, -0.1) is 11.3 Å². The molecule has 2 aliphatic rings. The molecule has 1 aliphatic heterocycles. The molecule has 2 N–H and O–H groups in total. The van der Waals surface area contributed by atoms with Crippen molar-refractivity contribution in [2.24, 2.45) is 5.92 Å². The van der Waals surface area contributed by atoms with E-state index in [4.69, 9.17) is 5.41 Å². The number of hydrogen-bond donors (Lipinski definition) is 2. The summed E-state index contributed by atoms with van der Waals surface area (Å²) in [6.07, 6.45) is 2.54. The van der Waals surface area contributed by atoms with Gasteiger partial charge in [0.1, 0.15) is 16.4 Å². The molecule has 1 saturated heterocycles. The second-order valence-electron chi connectivity index (χ2n) is 6.70. The van der Waals surface area contributed by atoms with Gasteiger partial charge in [-0.25, -0.2) is 12.8 Å². The van der Waals surface area contributed by atoms with Crippen LogP contribution in [0.4, 0.5) is 4.39 Å². The van der Waals surface area contributed by atoms with E-state index < -0.39 is 25.9 Å². The van der Waals surface area contributed by atoms with Crippen molar-refractivity contribution in [2.45, 2.75) is 43.4 Å². The zero-order valence-corrected chi connectivity index (χ0v) is 15.6. The second-order valence-corrected chi connectivity index (χ2v) is 11.5. The average Bonchev–Trinajstić information content (AvgIpc) is 3.10. The van der Waals surface area contributed by atoms with E-state index in [1.54, 1.807) is 13.8 Å². The van der Waals surface area contributed by atoms with E-state index in [9.17, 15) is 12.8 Å². The standard InChI is InChI=1S/C14H18BrFN2O2S2/c1-13(11-9(16)5-10(15)21-11)7-22(19,20)14(2,12(17)18-13)6-8-3-4-8/h5,8H,3-4,6-7H2,1-2H3,(H2,17,18)/t13-,14-/m0/s1. The molecular formula is C14H18BrFN2O2S2. The third-order valence-electron chi connectivity index (χ3n) is 4.63. The summed E-state index contributed by atoms with van der Waals surface area (Å²) >= 11 is 4.40. The number of amidine groups is 1. The Balaban J connectivity index is 2.00. The maximum atomic E-state index is 14.1. The lowest BCUT2D eigenvalue weighted by Crippen LogP contribution is -2.65. The summed E-state index contributed by atoms with van der Waals surface area (Å²) in [5, 5.41) is 11.3. The molecule has 122 valence electrons. The van der Waals surface area contributed by atoms with Crippen LogP contribution in [0.5, 0.6) is 0 Å². The van der Waals surface area contributed by atoms with Crippen LogP contribution < -0.4 is 5.32 Å². The highest BCUT2D eigenvalue weighted by molar-refractivity contribution is 9.11. The molecule has 1 saturated carbocycles. The van der Waals surface area contributed by atoms with Crippen molar-refractivity contribution in [3.63, 3.8) is 0 Å². The van der Waals surface area contributed by atoms with Crippen LogP contribution in [-0.4, -0.2) is 24.8 Å². The lowest BCUT2D eigenvalue weighted by Gasteiger charge is -2.44. The fourth-order valence-electron chi connectivity index (χ4n) is 3.08. The largest absolute Gasteiger partial charge is 0.361 e. The number of rotatable bonds is 3. The van der Waals surface area contributed by atoms with Gasteiger partial charge in [-0.1, -0.05) is 12.8 Å². The summed E-state index contributed by atoms with van der Waals surface area (Å²) in [7, 11) is -3.55. The molecule has 2 atom stereocenters. The first kappa shape index (κ1) is 16.4. The van der Waals surface area contributed by atoms with Crippen LogP contribution in [-0.2, 0) is 15.4 Å². The van der Waals surface area contributed by atoms with Crippen molar-refractivity contribution in [3.05, 3.63) is 20.5 Å². The summed E-state index contributed by atoms with van der Waals surface area (Å²) in [6.45, 7) is 3.27. The van der Waals surface area contributed by atoms with Gasteiger partial charge in [-0.3, -0.25) is 5.41 Å². The summed E-state index contributed by atoms with van der Waals surface area (Å²) < 4.78 is 39.3. The van der Waals surface area contributed by atoms with Crippen LogP contribution in [0.3, 0.4) is 0 Å². The van der Waals surface area contributed by atoms with Gasteiger partial charge in [-0.2, -0.15) is 0 Å². The van der Waals surface area contributed by atoms with Crippen LogP contribution in [0.25, 0.3) is 0 Å². The molecule has 0 unspecified atom stereocenters. The normalized spacial score (nSPS) is 34.5. The highest BCUT2D eigenvalue weighted by Gasteiger charge is 2.55. The zero-order chi connectivity index (χ0) is 16.3. The van der Waals surface area contributed by atoms with Crippen LogP contribution >= 0.6 is 27.3 Å². The molecule has 4 nitrogen and oxygen atoms in total. The minimum atomic E-state index is -3.55. The fourth-order valence-corrected chi connectivity index (χ4v) is 6.87. The van der Waals surface area contributed by atoms with E-state index >= 15 is 0 Å². The Kier molecular flexibility index (Phi) is 3.73. The maximum Gasteiger partial charge on any atom is 0.165 e. The Morgan fingerprint density at radius 1 is 1.50 bits per heavy atom. The molecule has 1 aromatic rings. The van der Waals surface area contributed by atoms with Crippen molar-refractivity contribution in [2.75, 3.05) is 5.75 Å². The fraction of sp³-hybridized carbons (Fsp3) is 0.643. The maximum absolute atomic E-state index is 14.1. The lowest BCUT2D eigenvalue weighted by atomic mass is 9.96. The highest BCUT2D eigenvalue weighted by atomic mass is 79.9. The predicted octanol–water partition coefficient (Wildman–Crippen LogP) is 3.42. The summed E-state index contributed by atoms with van der Waals surface area (Å²) in [4.78, 5) is 0.321. The van der Waals surface area contributed by atoms with Gasteiger partial charge >= 0.3 is 0 Å². The van der Waals surface area contributed by atoms with Crippen LogP contribution in [0.15, 0.2) is 9.85 Å². The molecule has 3 rings (SSSR count). The van der Waals surface area contributed by atoms with Gasteiger partial charge in [0.05, 0.1) is 20.0 Å². The SMILES string of the molecule is C[C@]1(CC2CC2)C(=N)N[C@](C)(c2sc(Br)cc2F)CS1(=O)=O. The van der Waals surface area contributed by atoms with Crippen LogP contribution in [0, 0.1) is 17.1 Å². The molecule has 22 heavy (non-hydrogen) atoms. The number of nitrogens with one attached hydrogen (secondary N) is 2. The monoisotopic (exact) mass is 408 g/mol. The minimum Gasteiger partial charge on any atom is -0.361 e. The highest BCUT2D eigenvalue weighted by Crippen LogP contribution is 2.45. The van der Waals surface area contributed by atoms with Crippen molar-refractivity contribution in [3.8, 4) is 0 Å². The zero-order valence-electron chi connectivity index (χ0n) is 12.4. The van der Waals surface area contributed by atoms with E-state index in [2.05, 4.69) is 21.2 Å². The first-order chi connectivity index (χ1) is 10.1. The van der Waals surface area contributed by atoms with Gasteiger partial charge in [-0.05, 0) is 48.2 Å². The Hall–Kier alpha value is -0.470. The van der Waals surface area contributed by atoms with Crippen LogP contribution in [0.1, 0.15) is 38.0 Å². The van der Waals surface area contributed by atoms with Gasteiger partial charge < -0.3 is 5.32 Å². The molecule has 0 radical (unpaired) electrons. The molecule has 2 fully saturated rings. The Morgan fingerprint density at radius 2 is 2.14 bits per heavy atom.